The largest absolute Gasteiger partial charge is 0.421 e. The van der Waals surface area contributed by atoms with Gasteiger partial charge in [0, 0.05) is 38.9 Å². The number of nitrogens with zero attached hydrogens (tertiary/aromatic N) is 6. The summed E-state index contributed by atoms with van der Waals surface area (Å²) in [6, 6.07) is 4.03. The van der Waals surface area contributed by atoms with E-state index in [4.69, 9.17) is 15.2 Å². The second-order valence-corrected chi connectivity index (χ2v) is 8.76. The van der Waals surface area contributed by atoms with Gasteiger partial charge in [-0.05, 0) is 31.5 Å². The van der Waals surface area contributed by atoms with Crippen molar-refractivity contribution in [1.82, 2.24) is 24.8 Å². The summed E-state index contributed by atoms with van der Waals surface area (Å²) in [4.78, 5) is 33.6. The first-order valence-corrected chi connectivity index (χ1v) is 11.1. The normalized spacial score (nSPS) is 16.4. The van der Waals surface area contributed by atoms with Crippen molar-refractivity contribution in [3.8, 4) is 22.5 Å². The van der Waals surface area contributed by atoms with E-state index >= 15 is 0 Å². The van der Waals surface area contributed by atoms with E-state index in [1.807, 2.05) is 4.90 Å². The molecule has 1 aliphatic rings. The number of ether oxygens (including phenoxy) is 2. The number of hydrogen-bond donors (Lipinski definition) is 1. The lowest BCUT2D eigenvalue weighted by Gasteiger charge is -2.26. The average Bonchev–Trinajstić information content (AvgIpc) is 3.11. The number of carbonyl (C=O) groups excluding carboxylic acids is 1. The highest BCUT2D eigenvalue weighted by Crippen LogP contribution is 2.30. The fourth-order valence-electron chi connectivity index (χ4n) is 3.29. The van der Waals surface area contributed by atoms with Crippen molar-refractivity contribution in [3.05, 3.63) is 35.8 Å². The first-order chi connectivity index (χ1) is 15.8. The molecule has 2 aromatic heterocycles. The fourth-order valence-corrected chi connectivity index (χ4v) is 3.91. The molecule has 3 aromatic rings. The van der Waals surface area contributed by atoms with Gasteiger partial charge in [-0.1, -0.05) is 11.3 Å². The topological polar surface area (TPSA) is 120 Å². The van der Waals surface area contributed by atoms with Gasteiger partial charge in [0.2, 0.25) is 5.95 Å². The number of halogens is 1. The second kappa shape index (κ2) is 9.63. The Bertz CT molecular complexity index is 1160. The van der Waals surface area contributed by atoms with Crippen molar-refractivity contribution in [2.24, 2.45) is 0 Å². The Kier molecular flexibility index (Phi) is 6.65. The highest BCUT2D eigenvalue weighted by molar-refractivity contribution is 7.18. The van der Waals surface area contributed by atoms with Crippen LogP contribution in [0, 0.1) is 5.82 Å². The predicted molar refractivity (Wildman–Crippen MR) is 122 cm³/mol. The van der Waals surface area contributed by atoms with Gasteiger partial charge >= 0.3 is 6.01 Å². The van der Waals surface area contributed by atoms with Crippen LogP contribution in [-0.4, -0.2) is 70.6 Å². The van der Waals surface area contributed by atoms with Gasteiger partial charge in [-0.25, -0.2) is 9.37 Å². The molecular formula is C21H24FN7O3S. The van der Waals surface area contributed by atoms with Crippen molar-refractivity contribution >= 4 is 28.3 Å². The number of thiazole rings is 1. The number of benzene rings is 1. The summed E-state index contributed by atoms with van der Waals surface area (Å²) in [5.41, 5.74) is 5.99. The molecule has 12 heteroatoms. The minimum Gasteiger partial charge on any atom is -0.421 e. The maximum atomic E-state index is 14.7. The number of rotatable bonds is 5. The zero-order valence-corrected chi connectivity index (χ0v) is 19.3. The van der Waals surface area contributed by atoms with Crippen LogP contribution in [0.1, 0.15) is 23.7 Å². The van der Waals surface area contributed by atoms with Gasteiger partial charge in [-0.15, -0.1) is 0 Å². The van der Waals surface area contributed by atoms with Gasteiger partial charge < -0.3 is 25.0 Å². The van der Waals surface area contributed by atoms with Gasteiger partial charge in [0.05, 0.1) is 17.7 Å². The quantitative estimate of drug-likeness (QED) is 0.596. The highest BCUT2D eigenvalue weighted by Gasteiger charge is 2.23. The lowest BCUT2D eigenvalue weighted by atomic mass is 10.2. The lowest BCUT2D eigenvalue weighted by molar-refractivity contribution is 0.0827. The number of nitrogen functional groups attached to an aromatic ring is 1. The molecule has 2 N–H and O–H groups in total. The molecule has 1 fully saturated rings. The van der Waals surface area contributed by atoms with Crippen molar-refractivity contribution in [3.63, 3.8) is 0 Å². The van der Waals surface area contributed by atoms with Crippen LogP contribution < -0.4 is 15.4 Å². The predicted octanol–water partition coefficient (Wildman–Crippen LogP) is 2.83. The van der Waals surface area contributed by atoms with E-state index in [2.05, 4.69) is 26.9 Å². The smallest absolute Gasteiger partial charge is 0.327 e. The molecule has 1 aromatic carbocycles. The molecule has 0 bridgehead atoms. The molecule has 0 radical (unpaired) electrons. The lowest BCUT2D eigenvalue weighted by Crippen LogP contribution is -2.35. The van der Waals surface area contributed by atoms with E-state index in [9.17, 15) is 9.18 Å². The molecule has 33 heavy (non-hydrogen) atoms. The van der Waals surface area contributed by atoms with Crippen LogP contribution in [-0.2, 0) is 4.74 Å². The molecule has 1 amide bonds. The van der Waals surface area contributed by atoms with Crippen molar-refractivity contribution in [2.75, 3.05) is 44.5 Å². The van der Waals surface area contributed by atoms with Gasteiger partial charge in [-0.3, -0.25) is 4.79 Å². The van der Waals surface area contributed by atoms with Crippen LogP contribution in [0.4, 0.5) is 15.5 Å². The molecule has 174 valence electrons. The highest BCUT2D eigenvalue weighted by atomic mass is 32.1. The molecule has 0 aliphatic carbocycles. The number of nitrogens with two attached hydrogens (primary N) is 1. The number of aromatic nitrogens is 4. The fraction of sp³-hybridized carbons (Fsp3) is 0.381. The Morgan fingerprint density at radius 2 is 2.12 bits per heavy atom. The number of amides is 1. The summed E-state index contributed by atoms with van der Waals surface area (Å²) >= 11 is 1.23. The van der Waals surface area contributed by atoms with Gasteiger partial charge in [0.1, 0.15) is 0 Å². The summed E-state index contributed by atoms with van der Waals surface area (Å²) < 4.78 is 26.0. The Labute approximate surface area is 194 Å². The first kappa shape index (κ1) is 22.8. The molecule has 3 heterocycles. The summed E-state index contributed by atoms with van der Waals surface area (Å²) in [7, 11) is 3.19. The summed E-state index contributed by atoms with van der Waals surface area (Å²) in [5.74, 6) is -0.416. The Morgan fingerprint density at radius 3 is 2.82 bits per heavy atom. The van der Waals surface area contributed by atoms with Crippen molar-refractivity contribution < 1.29 is 18.7 Å². The zero-order chi connectivity index (χ0) is 23.5. The van der Waals surface area contributed by atoms with Crippen molar-refractivity contribution in [1.29, 1.82) is 0 Å². The van der Waals surface area contributed by atoms with Crippen LogP contribution in [0.15, 0.2) is 24.4 Å². The summed E-state index contributed by atoms with van der Waals surface area (Å²) in [6.45, 7) is 3.83. The third-order valence-corrected chi connectivity index (χ3v) is 5.90. The van der Waals surface area contributed by atoms with E-state index in [0.717, 1.165) is 12.5 Å². The number of carbonyl (C=O) groups is 1. The summed E-state index contributed by atoms with van der Waals surface area (Å²) in [5, 5.41) is 0.373. The molecular weight excluding hydrogens is 449 g/mol. The minimum absolute atomic E-state index is 0.0788. The molecule has 1 atom stereocenters. The van der Waals surface area contributed by atoms with Gasteiger partial charge in [0.25, 0.3) is 5.91 Å². The SMILES string of the molecule is C[C@H]1CCOCCN1c1nc(Oc2ccc(C(=O)N(C)C)cc2F)nc(-c2cnc(N)s2)n1. The Morgan fingerprint density at radius 1 is 1.30 bits per heavy atom. The van der Waals surface area contributed by atoms with E-state index in [-0.39, 0.29) is 29.3 Å². The molecule has 1 aliphatic heterocycles. The zero-order valence-electron chi connectivity index (χ0n) is 18.5. The molecule has 0 unspecified atom stereocenters. The third-order valence-electron chi connectivity index (χ3n) is 5.08. The monoisotopic (exact) mass is 473 g/mol. The maximum absolute atomic E-state index is 14.7. The van der Waals surface area contributed by atoms with Crippen LogP contribution in [0.25, 0.3) is 10.7 Å². The van der Waals surface area contributed by atoms with Crippen LogP contribution in [0.2, 0.25) is 0 Å². The van der Waals surface area contributed by atoms with E-state index in [1.165, 1.54) is 28.4 Å². The maximum Gasteiger partial charge on any atom is 0.327 e. The minimum atomic E-state index is -0.704. The first-order valence-electron chi connectivity index (χ1n) is 10.3. The second-order valence-electron chi connectivity index (χ2n) is 7.69. The van der Waals surface area contributed by atoms with Gasteiger partial charge in [-0.2, -0.15) is 15.0 Å². The number of hydrogen-bond acceptors (Lipinski definition) is 10. The van der Waals surface area contributed by atoms with Crippen LogP contribution >= 0.6 is 11.3 Å². The average molecular weight is 474 g/mol. The van der Waals surface area contributed by atoms with E-state index < -0.39 is 5.82 Å². The Balaban J connectivity index is 1.70. The molecule has 10 nitrogen and oxygen atoms in total. The molecule has 0 spiro atoms. The molecule has 0 saturated carbocycles. The van der Waals surface area contributed by atoms with Crippen LogP contribution in [0.5, 0.6) is 11.8 Å². The Hall–Kier alpha value is -3.38. The van der Waals surface area contributed by atoms with Crippen LogP contribution in [0.3, 0.4) is 0 Å². The van der Waals surface area contributed by atoms with Gasteiger partial charge in [0.15, 0.2) is 22.5 Å². The van der Waals surface area contributed by atoms with Crippen molar-refractivity contribution in [2.45, 2.75) is 19.4 Å². The molecule has 1 saturated heterocycles. The van der Waals surface area contributed by atoms with E-state index in [1.54, 1.807) is 20.3 Å². The summed E-state index contributed by atoms with van der Waals surface area (Å²) in [6.07, 6.45) is 2.38. The standard InChI is InChI=1S/C21H24FN7O3S/c1-12-6-8-31-9-7-29(12)20-25-17(16-11-24-19(23)33-16)26-21(27-20)32-15-5-4-13(10-14(15)22)18(30)28(2)3/h4-5,10-12H,6-9H2,1-3H3,(H2,23,24)/t12-/m0/s1. The van der Waals surface area contributed by atoms with E-state index in [0.29, 0.717) is 41.5 Å². The molecule has 4 rings (SSSR count). The third kappa shape index (κ3) is 5.17. The number of anilines is 2.